The number of H-pyrrole nitrogens is 1. The minimum atomic E-state index is -4.49. The van der Waals surface area contributed by atoms with Gasteiger partial charge in [0, 0.05) is 56.6 Å². The fourth-order valence-corrected chi connectivity index (χ4v) is 5.79. The van der Waals surface area contributed by atoms with Gasteiger partial charge in [0.2, 0.25) is 5.91 Å². The van der Waals surface area contributed by atoms with Gasteiger partial charge in [0.1, 0.15) is 24.3 Å². The van der Waals surface area contributed by atoms with Crippen LogP contribution in [0.4, 0.5) is 17.6 Å². The van der Waals surface area contributed by atoms with Crippen LogP contribution in [0.2, 0.25) is 0 Å². The Kier molecular flexibility index (Phi) is 8.38. The summed E-state index contributed by atoms with van der Waals surface area (Å²) in [6.45, 7) is 2.15. The largest absolute Gasteiger partial charge is 0.397 e. The average Bonchev–Trinajstić information content (AvgIpc) is 3.34. The molecule has 3 aromatic heterocycles. The van der Waals surface area contributed by atoms with Gasteiger partial charge in [-0.2, -0.15) is 13.2 Å². The fourth-order valence-electron chi connectivity index (χ4n) is 5.79. The standard InChI is InChI=1S/C31H33F4N7O/c32-29-25(6-4-20-2-1-3-20)37-19-38-30(29)22-5-7-24-26(15-22)40-27(39-24)16-23-14-21(8-9-36-23)18-41-10-12-42(13-11-41)28(43)17-31(33,34)35/h5,7-9,14-15,19-20H,1-4,6,10-13,16-18H2,(H,39,40). The number of nitrogens with zero attached hydrogens (tertiary/aromatic N) is 6. The molecule has 0 atom stereocenters. The second-order valence-corrected chi connectivity index (χ2v) is 11.5. The van der Waals surface area contributed by atoms with Gasteiger partial charge < -0.3 is 9.88 Å². The number of piperazine rings is 1. The van der Waals surface area contributed by atoms with Crippen molar-refractivity contribution in [3.63, 3.8) is 0 Å². The van der Waals surface area contributed by atoms with Crippen molar-refractivity contribution in [2.75, 3.05) is 26.2 Å². The maximum absolute atomic E-state index is 15.3. The molecule has 8 nitrogen and oxygen atoms in total. The number of carbonyl (C=O) groups excluding carboxylic acids is 1. The molecular weight excluding hydrogens is 562 g/mol. The van der Waals surface area contributed by atoms with E-state index in [9.17, 15) is 18.0 Å². The molecule has 1 saturated heterocycles. The molecule has 1 aromatic carbocycles. The second kappa shape index (κ2) is 12.4. The summed E-state index contributed by atoms with van der Waals surface area (Å²) in [6, 6.07) is 9.43. The molecule has 0 bridgehead atoms. The predicted molar refractivity (Wildman–Crippen MR) is 152 cm³/mol. The molecule has 0 spiro atoms. The van der Waals surface area contributed by atoms with Crippen LogP contribution in [0.3, 0.4) is 0 Å². The molecule has 12 heteroatoms. The summed E-state index contributed by atoms with van der Waals surface area (Å²) in [4.78, 5) is 36.2. The van der Waals surface area contributed by atoms with Crippen LogP contribution in [-0.2, 0) is 24.2 Å². The van der Waals surface area contributed by atoms with Crippen molar-refractivity contribution in [1.29, 1.82) is 0 Å². The van der Waals surface area contributed by atoms with Gasteiger partial charge in [0.25, 0.3) is 0 Å². The highest BCUT2D eigenvalue weighted by molar-refractivity contribution is 5.81. The van der Waals surface area contributed by atoms with Crippen LogP contribution in [-0.4, -0.2) is 73.0 Å². The Morgan fingerprint density at radius 2 is 1.84 bits per heavy atom. The summed E-state index contributed by atoms with van der Waals surface area (Å²) in [5, 5.41) is 0. The number of hydrogen-bond donors (Lipinski definition) is 1. The number of nitrogens with one attached hydrogen (secondary N) is 1. The van der Waals surface area contributed by atoms with E-state index in [1.54, 1.807) is 6.20 Å². The monoisotopic (exact) mass is 595 g/mol. The highest BCUT2D eigenvalue weighted by Crippen LogP contribution is 2.32. The van der Waals surface area contributed by atoms with Gasteiger partial charge in [0.15, 0.2) is 5.82 Å². The molecule has 6 rings (SSSR count). The minimum absolute atomic E-state index is 0.272. The van der Waals surface area contributed by atoms with Crippen LogP contribution in [0.25, 0.3) is 22.3 Å². The molecule has 43 heavy (non-hydrogen) atoms. The van der Waals surface area contributed by atoms with Crippen LogP contribution in [0.5, 0.6) is 0 Å². The minimum Gasteiger partial charge on any atom is -0.342 e. The number of pyridine rings is 1. The van der Waals surface area contributed by atoms with Gasteiger partial charge in [-0.3, -0.25) is 14.7 Å². The molecule has 2 fully saturated rings. The first-order chi connectivity index (χ1) is 20.7. The number of imidazole rings is 1. The smallest absolute Gasteiger partial charge is 0.342 e. The summed E-state index contributed by atoms with van der Waals surface area (Å²) in [7, 11) is 0. The number of fused-ring (bicyclic) bond motifs is 1. The molecule has 1 N–H and O–H groups in total. The highest BCUT2D eigenvalue weighted by atomic mass is 19.4. The Balaban J connectivity index is 1.08. The lowest BCUT2D eigenvalue weighted by molar-refractivity contribution is -0.162. The normalized spacial score (nSPS) is 16.5. The van der Waals surface area contributed by atoms with Gasteiger partial charge in [0.05, 0.1) is 16.7 Å². The van der Waals surface area contributed by atoms with Gasteiger partial charge in [-0.15, -0.1) is 0 Å². The molecule has 0 unspecified atom stereocenters. The van der Waals surface area contributed by atoms with Crippen molar-refractivity contribution in [1.82, 2.24) is 34.7 Å². The zero-order valence-corrected chi connectivity index (χ0v) is 23.7. The Morgan fingerprint density at radius 1 is 1.02 bits per heavy atom. The van der Waals surface area contributed by atoms with E-state index in [0.717, 1.165) is 34.5 Å². The maximum Gasteiger partial charge on any atom is 0.397 e. The van der Waals surface area contributed by atoms with Crippen molar-refractivity contribution in [3.8, 4) is 11.3 Å². The van der Waals surface area contributed by atoms with Crippen LogP contribution < -0.4 is 0 Å². The van der Waals surface area contributed by atoms with Crippen molar-refractivity contribution in [2.24, 2.45) is 5.92 Å². The zero-order valence-electron chi connectivity index (χ0n) is 23.7. The molecule has 226 valence electrons. The number of rotatable bonds is 9. The Hall–Kier alpha value is -3.93. The van der Waals surface area contributed by atoms with E-state index < -0.39 is 18.5 Å². The number of aromatic amines is 1. The quantitative estimate of drug-likeness (QED) is 0.258. The van der Waals surface area contributed by atoms with Crippen molar-refractivity contribution < 1.29 is 22.4 Å². The van der Waals surface area contributed by atoms with Crippen molar-refractivity contribution in [2.45, 2.75) is 57.7 Å². The van der Waals surface area contributed by atoms with Gasteiger partial charge in [-0.1, -0.05) is 25.3 Å². The molecule has 4 heterocycles. The molecule has 0 radical (unpaired) electrons. The van der Waals surface area contributed by atoms with Crippen LogP contribution in [0.15, 0.2) is 42.9 Å². The van der Waals surface area contributed by atoms with Crippen molar-refractivity contribution in [3.05, 3.63) is 71.4 Å². The predicted octanol–water partition coefficient (Wildman–Crippen LogP) is 5.47. The maximum atomic E-state index is 15.3. The number of aryl methyl sites for hydroxylation is 1. The summed E-state index contributed by atoms with van der Waals surface area (Å²) in [5.41, 5.74) is 4.78. The van der Waals surface area contributed by atoms with E-state index in [4.69, 9.17) is 4.98 Å². The van der Waals surface area contributed by atoms with Gasteiger partial charge in [-0.05, 0) is 48.6 Å². The summed E-state index contributed by atoms with van der Waals surface area (Å²) in [5.74, 6) is 0.159. The molecular formula is C31H33F4N7O. The van der Waals surface area contributed by atoms with E-state index in [-0.39, 0.29) is 24.6 Å². The van der Waals surface area contributed by atoms with Crippen molar-refractivity contribution >= 4 is 16.9 Å². The second-order valence-electron chi connectivity index (χ2n) is 11.5. The number of hydrogen-bond acceptors (Lipinski definition) is 6. The molecule has 1 aliphatic carbocycles. The van der Waals surface area contributed by atoms with E-state index in [2.05, 4.69) is 24.8 Å². The number of aromatic nitrogens is 5. The molecule has 1 saturated carbocycles. The first kappa shape index (κ1) is 29.2. The zero-order chi connectivity index (χ0) is 30.0. The Morgan fingerprint density at radius 3 is 2.58 bits per heavy atom. The highest BCUT2D eigenvalue weighted by Gasteiger charge is 2.34. The SMILES string of the molecule is O=C(CC(F)(F)F)N1CCN(Cc2ccnc(Cc3nc4ccc(-c5ncnc(CCC6CCC6)c5F)cc4[nH]3)c2)CC1. The Labute approximate surface area is 246 Å². The van der Waals surface area contributed by atoms with Crippen LogP contribution in [0.1, 0.15) is 54.9 Å². The van der Waals surface area contributed by atoms with Gasteiger partial charge in [-0.25, -0.2) is 19.3 Å². The summed E-state index contributed by atoms with van der Waals surface area (Å²) >= 11 is 0. The molecule has 1 aliphatic heterocycles. The van der Waals surface area contributed by atoms with Gasteiger partial charge >= 0.3 is 6.18 Å². The third-order valence-corrected chi connectivity index (χ3v) is 8.39. The van der Waals surface area contributed by atoms with E-state index in [1.165, 1.54) is 30.5 Å². The summed E-state index contributed by atoms with van der Waals surface area (Å²) in [6.07, 6.45) is 2.99. The average molecular weight is 596 g/mol. The molecule has 4 aromatic rings. The first-order valence-corrected chi connectivity index (χ1v) is 14.7. The molecule has 1 amide bonds. The third kappa shape index (κ3) is 7.18. The number of halogens is 4. The van der Waals surface area contributed by atoms with Crippen LogP contribution in [0, 0.1) is 11.7 Å². The lowest BCUT2D eigenvalue weighted by atomic mass is 9.82. The number of amides is 1. The lowest BCUT2D eigenvalue weighted by Gasteiger charge is -2.35. The summed E-state index contributed by atoms with van der Waals surface area (Å²) < 4.78 is 53.0. The van der Waals surface area contributed by atoms with E-state index >= 15 is 4.39 Å². The fraction of sp³-hybridized carbons (Fsp3) is 0.452. The number of alkyl halides is 3. The topological polar surface area (TPSA) is 90.9 Å². The van der Waals surface area contributed by atoms with E-state index in [1.807, 2.05) is 30.3 Å². The Bertz CT molecular complexity index is 1590. The number of benzene rings is 1. The van der Waals surface area contributed by atoms with Crippen LogP contribution >= 0.6 is 0 Å². The lowest BCUT2D eigenvalue weighted by Crippen LogP contribution is -2.49. The molecule has 2 aliphatic rings. The van der Waals surface area contributed by atoms with E-state index in [0.29, 0.717) is 49.7 Å². The first-order valence-electron chi connectivity index (χ1n) is 14.7. The third-order valence-electron chi connectivity index (χ3n) is 8.39. The number of carbonyl (C=O) groups is 1.